The third-order valence-corrected chi connectivity index (χ3v) is 4.80. The second-order valence-electron chi connectivity index (χ2n) is 4.35. The van der Waals surface area contributed by atoms with Crippen molar-refractivity contribution in [3.8, 4) is 0 Å². The van der Waals surface area contributed by atoms with Gasteiger partial charge < -0.3 is 4.74 Å². The van der Waals surface area contributed by atoms with Gasteiger partial charge in [-0.1, -0.05) is 24.3 Å². The second-order valence-corrected chi connectivity index (χ2v) is 6.32. The number of benzene rings is 2. The highest BCUT2D eigenvalue weighted by Gasteiger charge is 2.13. The van der Waals surface area contributed by atoms with Crippen LogP contribution in [0.15, 0.2) is 53.4 Å². The fourth-order valence-corrected chi connectivity index (χ4v) is 3.47. The van der Waals surface area contributed by atoms with Gasteiger partial charge in [-0.25, -0.2) is 9.78 Å². The Hall–Kier alpha value is -1.85. The van der Waals surface area contributed by atoms with Crippen LogP contribution < -0.4 is 0 Å². The van der Waals surface area contributed by atoms with Crippen LogP contribution in [0.4, 0.5) is 0 Å². The number of ether oxygens (including phenoxy) is 1. The standard InChI is InChI=1S/C16H13NO2S2/c1-20-13-8-4-2-6-11(13)16(18)19-10-15-17-12-7-3-5-9-14(12)21-15/h2-9H,10H2,1H3. The summed E-state index contributed by atoms with van der Waals surface area (Å²) in [4.78, 5) is 17.5. The van der Waals surface area contributed by atoms with Gasteiger partial charge in [-0.05, 0) is 30.5 Å². The molecule has 5 heteroatoms. The zero-order chi connectivity index (χ0) is 14.7. The molecular formula is C16H13NO2S2. The summed E-state index contributed by atoms with van der Waals surface area (Å²) in [6.45, 7) is 0.209. The Morgan fingerprint density at radius 3 is 2.76 bits per heavy atom. The van der Waals surface area contributed by atoms with E-state index in [1.54, 1.807) is 17.4 Å². The van der Waals surface area contributed by atoms with Crippen LogP contribution in [0, 0.1) is 0 Å². The summed E-state index contributed by atoms with van der Waals surface area (Å²) < 4.78 is 6.49. The van der Waals surface area contributed by atoms with Crippen LogP contribution in [-0.4, -0.2) is 17.2 Å². The van der Waals surface area contributed by atoms with E-state index in [2.05, 4.69) is 4.98 Å². The van der Waals surface area contributed by atoms with Crippen molar-refractivity contribution in [2.24, 2.45) is 0 Å². The first-order valence-corrected chi connectivity index (χ1v) is 8.46. The normalized spacial score (nSPS) is 10.7. The number of thioether (sulfide) groups is 1. The maximum Gasteiger partial charge on any atom is 0.339 e. The number of rotatable bonds is 4. The fourth-order valence-electron chi connectivity index (χ4n) is 2.00. The highest BCUT2D eigenvalue weighted by molar-refractivity contribution is 7.98. The number of fused-ring (bicyclic) bond motifs is 1. The van der Waals surface area contributed by atoms with Crippen LogP contribution in [-0.2, 0) is 11.3 Å². The molecule has 1 heterocycles. The molecule has 0 spiro atoms. The van der Waals surface area contributed by atoms with Gasteiger partial charge in [0.2, 0.25) is 0 Å². The van der Waals surface area contributed by atoms with Crippen LogP contribution >= 0.6 is 23.1 Å². The molecule has 0 aliphatic carbocycles. The molecule has 3 aromatic rings. The van der Waals surface area contributed by atoms with E-state index < -0.39 is 0 Å². The van der Waals surface area contributed by atoms with Crippen molar-refractivity contribution in [2.45, 2.75) is 11.5 Å². The third kappa shape index (κ3) is 3.09. The van der Waals surface area contributed by atoms with E-state index in [9.17, 15) is 4.79 Å². The molecule has 0 bridgehead atoms. The average molecular weight is 315 g/mol. The number of para-hydroxylation sites is 1. The second kappa shape index (κ2) is 6.28. The van der Waals surface area contributed by atoms with Crippen molar-refractivity contribution in [1.82, 2.24) is 4.98 Å². The van der Waals surface area contributed by atoms with Gasteiger partial charge in [-0.2, -0.15) is 0 Å². The lowest BCUT2D eigenvalue weighted by atomic mass is 10.2. The van der Waals surface area contributed by atoms with Gasteiger partial charge in [0.05, 0.1) is 15.8 Å². The Bertz CT molecular complexity index is 750. The van der Waals surface area contributed by atoms with Crippen molar-refractivity contribution in [2.75, 3.05) is 6.26 Å². The van der Waals surface area contributed by atoms with Crippen LogP contribution in [0.1, 0.15) is 15.4 Å². The SMILES string of the molecule is CSc1ccccc1C(=O)OCc1nc2ccccc2s1. The van der Waals surface area contributed by atoms with Crippen molar-refractivity contribution in [1.29, 1.82) is 0 Å². The summed E-state index contributed by atoms with van der Waals surface area (Å²) in [6, 6.07) is 15.4. The summed E-state index contributed by atoms with van der Waals surface area (Å²) >= 11 is 3.09. The maximum atomic E-state index is 12.2. The molecule has 3 rings (SSSR count). The minimum atomic E-state index is -0.306. The topological polar surface area (TPSA) is 39.2 Å². The number of hydrogen-bond acceptors (Lipinski definition) is 5. The number of carbonyl (C=O) groups is 1. The Kier molecular flexibility index (Phi) is 4.22. The molecule has 2 aromatic carbocycles. The first kappa shape index (κ1) is 14.1. The smallest absolute Gasteiger partial charge is 0.339 e. The molecule has 1 aromatic heterocycles. The van der Waals surface area contributed by atoms with Gasteiger partial charge in [0, 0.05) is 4.90 Å². The average Bonchev–Trinajstić information content (AvgIpc) is 2.95. The van der Waals surface area contributed by atoms with Crippen molar-refractivity contribution in [3.05, 3.63) is 59.1 Å². The Morgan fingerprint density at radius 1 is 1.19 bits per heavy atom. The van der Waals surface area contributed by atoms with E-state index in [-0.39, 0.29) is 12.6 Å². The van der Waals surface area contributed by atoms with Crippen molar-refractivity contribution >= 4 is 39.3 Å². The fraction of sp³-hybridized carbons (Fsp3) is 0.125. The number of esters is 1. The Balaban J connectivity index is 1.73. The summed E-state index contributed by atoms with van der Waals surface area (Å²) in [5.41, 5.74) is 1.55. The number of thiazole rings is 1. The molecule has 106 valence electrons. The van der Waals surface area contributed by atoms with Crippen molar-refractivity contribution < 1.29 is 9.53 Å². The van der Waals surface area contributed by atoms with E-state index in [0.29, 0.717) is 5.56 Å². The monoisotopic (exact) mass is 315 g/mol. The minimum absolute atomic E-state index is 0.209. The van der Waals surface area contributed by atoms with E-state index in [1.807, 2.05) is 48.7 Å². The Morgan fingerprint density at radius 2 is 1.95 bits per heavy atom. The van der Waals surface area contributed by atoms with Gasteiger partial charge in [0.15, 0.2) is 0 Å². The molecule has 0 atom stereocenters. The molecule has 0 amide bonds. The molecular weight excluding hydrogens is 302 g/mol. The van der Waals surface area contributed by atoms with Gasteiger partial charge >= 0.3 is 5.97 Å². The van der Waals surface area contributed by atoms with Gasteiger partial charge in [0.25, 0.3) is 0 Å². The summed E-state index contributed by atoms with van der Waals surface area (Å²) in [5.74, 6) is -0.306. The first-order valence-electron chi connectivity index (χ1n) is 6.42. The van der Waals surface area contributed by atoms with Gasteiger partial charge in [-0.15, -0.1) is 23.1 Å². The summed E-state index contributed by atoms with van der Waals surface area (Å²) in [6.07, 6.45) is 1.94. The van der Waals surface area contributed by atoms with Crippen LogP contribution in [0.3, 0.4) is 0 Å². The highest BCUT2D eigenvalue weighted by Crippen LogP contribution is 2.24. The number of carbonyl (C=O) groups excluding carboxylic acids is 1. The molecule has 0 aliphatic rings. The molecule has 0 saturated carbocycles. The van der Waals surface area contributed by atoms with Crippen LogP contribution in [0.5, 0.6) is 0 Å². The largest absolute Gasteiger partial charge is 0.455 e. The maximum absolute atomic E-state index is 12.2. The van der Waals surface area contributed by atoms with Gasteiger partial charge in [0.1, 0.15) is 11.6 Å². The predicted molar refractivity (Wildman–Crippen MR) is 87.0 cm³/mol. The quantitative estimate of drug-likeness (QED) is 0.529. The van der Waals surface area contributed by atoms with E-state index in [4.69, 9.17) is 4.74 Å². The van der Waals surface area contributed by atoms with Crippen LogP contribution in [0.2, 0.25) is 0 Å². The number of nitrogens with zero attached hydrogens (tertiary/aromatic N) is 1. The third-order valence-electron chi connectivity index (χ3n) is 2.99. The molecule has 0 saturated heterocycles. The predicted octanol–water partition coefficient (Wildman–Crippen LogP) is 4.38. The molecule has 0 fully saturated rings. The number of hydrogen-bond donors (Lipinski definition) is 0. The van der Waals surface area contributed by atoms with Crippen molar-refractivity contribution in [3.63, 3.8) is 0 Å². The molecule has 3 nitrogen and oxygen atoms in total. The van der Waals surface area contributed by atoms with E-state index in [1.165, 1.54) is 11.8 Å². The summed E-state index contributed by atoms with van der Waals surface area (Å²) in [5, 5.41) is 0.811. The van der Waals surface area contributed by atoms with Gasteiger partial charge in [-0.3, -0.25) is 0 Å². The zero-order valence-electron chi connectivity index (χ0n) is 11.4. The number of aromatic nitrogens is 1. The molecule has 0 N–H and O–H groups in total. The lowest BCUT2D eigenvalue weighted by Crippen LogP contribution is -2.06. The van der Waals surface area contributed by atoms with Crippen LogP contribution in [0.25, 0.3) is 10.2 Å². The highest BCUT2D eigenvalue weighted by atomic mass is 32.2. The molecule has 0 radical (unpaired) electrons. The molecule has 21 heavy (non-hydrogen) atoms. The molecule has 0 unspecified atom stereocenters. The Labute approximate surface area is 131 Å². The van der Waals surface area contributed by atoms with E-state index >= 15 is 0 Å². The lowest BCUT2D eigenvalue weighted by molar-refractivity contribution is 0.0468. The summed E-state index contributed by atoms with van der Waals surface area (Å²) in [7, 11) is 0. The van der Waals surface area contributed by atoms with E-state index in [0.717, 1.165) is 20.1 Å². The minimum Gasteiger partial charge on any atom is -0.455 e. The first-order chi connectivity index (χ1) is 10.3. The zero-order valence-corrected chi connectivity index (χ0v) is 13.0. The lowest BCUT2D eigenvalue weighted by Gasteiger charge is -2.06. The molecule has 0 aliphatic heterocycles.